The number of nitrogens with zero attached hydrogens (tertiary/aromatic N) is 4. The molecule has 2 heterocycles. The van der Waals surface area contributed by atoms with Gasteiger partial charge in [0.25, 0.3) is 5.91 Å². The second-order valence-electron chi connectivity index (χ2n) is 4.31. The molecule has 96 valence electrons. The van der Waals surface area contributed by atoms with E-state index in [-0.39, 0.29) is 12.3 Å². The molecular formula is C13H11ClN4O. The van der Waals surface area contributed by atoms with Crippen LogP contribution in [-0.4, -0.2) is 21.4 Å². The average Bonchev–Trinajstić information content (AvgIpc) is 2.95. The maximum Gasteiger partial charge on any atom is 0.253 e. The smallest absolute Gasteiger partial charge is 0.253 e. The van der Waals surface area contributed by atoms with Gasteiger partial charge in [0, 0.05) is 23.8 Å². The Morgan fingerprint density at radius 3 is 2.89 bits per heavy atom. The summed E-state index contributed by atoms with van der Waals surface area (Å²) >= 11 is 5.93. The number of carbonyl (C=O) groups is 1. The van der Waals surface area contributed by atoms with E-state index < -0.39 is 0 Å². The Morgan fingerprint density at radius 2 is 2.21 bits per heavy atom. The number of halogens is 1. The fraction of sp³-hybridized carbons (Fsp3) is 0.154. The molecular weight excluding hydrogens is 264 g/mol. The summed E-state index contributed by atoms with van der Waals surface area (Å²) < 4.78 is 1.68. The highest BCUT2D eigenvalue weighted by molar-refractivity contribution is 6.31. The van der Waals surface area contributed by atoms with E-state index in [0.29, 0.717) is 10.7 Å². The monoisotopic (exact) mass is 274 g/mol. The van der Waals surface area contributed by atoms with Gasteiger partial charge in [-0.15, -0.1) is 0 Å². The van der Waals surface area contributed by atoms with E-state index >= 15 is 0 Å². The number of hydrogen-bond donors (Lipinski definition) is 0. The van der Waals surface area contributed by atoms with E-state index in [2.05, 4.69) is 10.2 Å². The van der Waals surface area contributed by atoms with Crippen molar-refractivity contribution in [2.75, 3.05) is 5.01 Å². The molecule has 1 aliphatic heterocycles. The van der Waals surface area contributed by atoms with Gasteiger partial charge in [-0.25, -0.2) is 5.01 Å². The van der Waals surface area contributed by atoms with Crippen LogP contribution in [0.3, 0.4) is 0 Å². The number of anilines is 1. The van der Waals surface area contributed by atoms with Crippen LogP contribution in [-0.2, 0) is 11.8 Å². The molecule has 0 radical (unpaired) electrons. The van der Waals surface area contributed by atoms with Crippen LogP contribution in [0.15, 0.2) is 41.8 Å². The van der Waals surface area contributed by atoms with Gasteiger partial charge in [-0.1, -0.05) is 17.7 Å². The number of hydrazone groups is 1. The summed E-state index contributed by atoms with van der Waals surface area (Å²) in [6, 6.07) is 7.08. The van der Waals surface area contributed by atoms with Crippen molar-refractivity contribution < 1.29 is 4.79 Å². The summed E-state index contributed by atoms with van der Waals surface area (Å²) in [4.78, 5) is 12.0. The van der Waals surface area contributed by atoms with Crippen molar-refractivity contribution in [2.24, 2.45) is 12.1 Å². The molecule has 0 N–H and O–H groups in total. The largest absolute Gasteiger partial charge is 0.275 e. The minimum absolute atomic E-state index is 0.0684. The quantitative estimate of drug-likeness (QED) is 0.843. The van der Waals surface area contributed by atoms with E-state index in [0.717, 1.165) is 11.3 Å². The number of amides is 1. The lowest BCUT2D eigenvalue weighted by molar-refractivity contribution is -0.116. The van der Waals surface area contributed by atoms with Crippen molar-refractivity contribution in [2.45, 2.75) is 6.42 Å². The lowest BCUT2D eigenvalue weighted by atomic mass is 10.1. The summed E-state index contributed by atoms with van der Waals surface area (Å²) in [5.41, 5.74) is 2.26. The van der Waals surface area contributed by atoms with E-state index in [1.165, 1.54) is 5.01 Å². The molecule has 1 aliphatic rings. The number of aryl methyl sites for hydroxylation is 1. The first-order chi connectivity index (χ1) is 9.13. The molecule has 0 unspecified atom stereocenters. The third-order valence-corrected chi connectivity index (χ3v) is 3.10. The van der Waals surface area contributed by atoms with Crippen LogP contribution in [0.4, 0.5) is 5.69 Å². The van der Waals surface area contributed by atoms with Gasteiger partial charge in [0.15, 0.2) is 0 Å². The first-order valence-corrected chi connectivity index (χ1v) is 6.16. The fourth-order valence-electron chi connectivity index (χ4n) is 1.97. The Kier molecular flexibility index (Phi) is 2.83. The molecule has 0 saturated carbocycles. The van der Waals surface area contributed by atoms with E-state index in [1.54, 1.807) is 35.1 Å². The minimum Gasteiger partial charge on any atom is -0.275 e. The van der Waals surface area contributed by atoms with E-state index in [4.69, 9.17) is 11.6 Å². The van der Waals surface area contributed by atoms with E-state index in [1.807, 2.05) is 13.2 Å². The molecule has 0 fully saturated rings. The normalized spacial score (nSPS) is 14.9. The van der Waals surface area contributed by atoms with Gasteiger partial charge in [0.05, 0.1) is 24.0 Å². The van der Waals surface area contributed by atoms with Crippen LogP contribution in [0.5, 0.6) is 0 Å². The Morgan fingerprint density at radius 1 is 1.37 bits per heavy atom. The van der Waals surface area contributed by atoms with Gasteiger partial charge in [0.1, 0.15) is 0 Å². The zero-order valence-corrected chi connectivity index (χ0v) is 11.0. The number of hydrogen-bond acceptors (Lipinski definition) is 3. The zero-order valence-electron chi connectivity index (χ0n) is 10.2. The summed E-state index contributed by atoms with van der Waals surface area (Å²) in [7, 11) is 1.83. The molecule has 0 aliphatic carbocycles. The van der Waals surface area contributed by atoms with Crippen LogP contribution in [0.2, 0.25) is 5.02 Å². The van der Waals surface area contributed by atoms with Gasteiger partial charge in [0.2, 0.25) is 0 Å². The highest BCUT2D eigenvalue weighted by atomic mass is 35.5. The topological polar surface area (TPSA) is 50.5 Å². The Bertz CT molecular complexity index is 677. The van der Waals surface area contributed by atoms with Gasteiger partial charge >= 0.3 is 0 Å². The zero-order chi connectivity index (χ0) is 13.4. The predicted octanol–water partition coefficient (Wildman–Crippen LogP) is 2.21. The summed E-state index contributed by atoms with van der Waals surface area (Å²) in [5.74, 6) is -0.0684. The first-order valence-electron chi connectivity index (χ1n) is 5.78. The minimum atomic E-state index is -0.0684. The Labute approximate surface area is 115 Å². The molecule has 19 heavy (non-hydrogen) atoms. The number of carbonyl (C=O) groups excluding carboxylic acids is 1. The molecule has 2 aromatic rings. The lowest BCUT2D eigenvalue weighted by Crippen LogP contribution is -2.19. The third-order valence-electron chi connectivity index (χ3n) is 2.87. The Hall–Kier alpha value is -2.14. The maximum atomic E-state index is 12.0. The average molecular weight is 275 g/mol. The molecule has 6 heteroatoms. The molecule has 3 rings (SSSR count). The van der Waals surface area contributed by atoms with Crippen LogP contribution >= 0.6 is 11.6 Å². The van der Waals surface area contributed by atoms with Crippen molar-refractivity contribution in [3.05, 3.63) is 47.2 Å². The van der Waals surface area contributed by atoms with Crippen LogP contribution in [0.1, 0.15) is 12.0 Å². The third kappa shape index (κ3) is 2.24. The molecule has 0 bridgehead atoms. The molecule has 1 aromatic heterocycles. The van der Waals surface area contributed by atoms with Crippen molar-refractivity contribution in [1.82, 2.24) is 9.78 Å². The number of aromatic nitrogens is 2. The second-order valence-corrected chi connectivity index (χ2v) is 4.75. The summed E-state index contributed by atoms with van der Waals surface area (Å²) in [6.45, 7) is 0. The first kappa shape index (κ1) is 11.9. The summed E-state index contributed by atoms with van der Waals surface area (Å²) in [5, 5.41) is 10.4. The van der Waals surface area contributed by atoms with E-state index in [9.17, 15) is 4.79 Å². The fourth-order valence-corrected chi connectivity index (χ4v) is 2.15. The SMILES string of the molecule is Cn1cc(C2=NN(c3cccc(Cl)c3)C(=O)C2)cn1. The lowest BCUT2D eigenvalue weighted by Gasteiger charge is -2.11. The van der Waals surface area contributed by atoms with Crippen LogP contribution in [0, 0.1) is 0 Å². The maximum absolute atomic E-state index is 12.0. The Balaban J connectivity index is 1.95. The second kappa shape index (κ2) is 4.51. The molecule has 0 spiro atoms. The number of rotatable bonds is 2. The van der Waals surface area contributed by atoms with Crippen LogP contribution < -0.4 is 5.01 Å². The molecule has 1 aromatic carbocycles. The van der Waals surface area contributed by atoms with Gasteiger partial charge in [-0.2, -0.15) is 10.2 Å². The molecule has 1 amide bonds. The predicted molar refractivity (Wildman–Crippen MR) is 73.3 cm³/mol. The van der Waals surface area contributed by atoms with Gasteiger partial charge in [-0.3, -0.25) is 9.48 Å². The van der Waals surface area contributed by atoms with Crippen molar-refractivity contribution >= 4 is 28.9 Å². The highest BCUT2D eigenvalue weighted by Gasteiger charge is 2.26. The van der Waals surface area contributed by atoms with Gasteiger partial charge < -0.3 is 0 Å². The van der Waals surface area contributed by atoms with Crippen molar-refractivity contribution in [1.29, 1.82) is 0 Å². The van der Waals surface area contributed by atoms with Gasteiger partial charge in [-0.05, 0) is 18.2 Å². The molecule has 5 nitrogen and oxygen atoms in total. The standard InChI is InChI=1S/C13H11ClN4O/c1-17-8-9(7-15-17)12-6-13(19)18(16-12)11-4-2-3-10(14)5-11/h2-5,7-8H,6H2,1H3. The van der Waals surface area contributed by atoms with Crippen LogP contribution in [0.25, 0.3) is 0 Å². The van der Waals surface area contributed by atoms with Crippen molar-refractivity contribution in [3.63, 3.8) is 0 Å². The number of benzene rings is 1. The molecule has 0 saturated heterocycles. The highest BCUT2D eigenvalue weighted by Crippen LogP contribution is 2.25. The molecule has 0 atom stereocenters. The summed E-state index contributed by atoms with van der Waals surface area (Å²) in [6.07, 6.45) is 3.82. The van der Waals surface area contributed by atoms with Crippen molar-refractivity contribution in [3.8, 4) is 0 Å².